The van der Waals surface area contributed by atoms with Crippen LogP contribution in [0.2, 0.25) is 5.02 Å². The van der Waals surface area contributed by atoms with E-state index >= 15 is 0 Å². The number of benzene rings is 2. The lowest BCUT2D eigenvalue weighted by atomic mass is 10.1. The first-order valence-corrected chi connectivity index (χ1v) is 9.77. The van der Waals surface area contributed by atoms with Crippen LogP contribution in [0.1, 0.15) is 5.56 Å². The Morgan fingerprint density at radius 2 is 1.96 bits per heavy atom. The molecule has 7 heteroatoms. The number of halogens is 1. The monoisotopic (exact) mass is 399 g/mol. The molecule has 1 heterocycles. The average molecular weight is 400 g/mol. The molecular weight excluding hydrogens is 382 g/mol. The van der Waals surface area contributed by atoms with Gasteiger partial charge in [-0.2, -0.15) is 0 Å². The Morgan fingerprint density at radius 1 is 1.15 bits per heavy atom. The summed E-state index contributed by atoms with van der Waals surface area (Å²) in [4.78, 5) is 28.7. The fraction of sp³-hybridized carbons (Fsp3) is 0.150. The average Bonchev–Trinajstić information content (AvgIpc) is 2.68. The quantitative estimate of drug-likeness (QED) is 0.619. The third-order valence-electron chi connectivity index (χ3n) is 3.81. The van der Waals surface area contributed by atoms with Crippen LogP contribution in [0.15, 0.2) is 76.8 Å². The number of thioether (sulfide) groups is 1. The van der Waals surface area contributed by atoms with E-state index in [0.29, 0.717) is 17.3 Å². The van der Waals surface area contributed by atoms with E-state index < -0.39 is 0 Å². The molecule has 5 nitrogen and oxygen atoms in total. The lowest BCUT2D eigenvalue weighted by Crippen LogP contribution is -2.28. The molecule has 0 aliphatic rings. The smallest absolute Gasteiger partial charge is 0.287 e. The highest BCUT2D eigenvalue weighted by molar-refractivity contribution is 7.99. The minimum Gasteiger partial charge on any atom is -0.355 e. The van der Waals surface area contributed by atoms with Gasteiger partial charge < -0.3 is 5.32 Å². The molecule has 0 aliphatic heterocycles. The zero-order valence-electron chi connectivity index (χ0n) is 14.5. The molecule has 0 fully saturated rings. The topological polar surface area (TPSA) is 64.0 Å². The Hall–Kier alpha value is -2.57. The Morgan fingerprint density at radius 3 is 2.74 bits per heavy atom. The number of hydrogen-bond donors (Lipinski definition) is 1. The zero-order valence-corrected chi connectivity index (χ0v) is 16.0. The van der Waals surface area contributed by atoms with Crippen molar-refractivity contribution in [1.82, 2.24) is 14.9 Å². The van der Waals surface area contributed by atoms with Gasteiger partial charge in [-0.15, -0.1) is 0 Å². The van der Waals surface area contributed by atoms with Crippen molar-refractivity contribution in [3.05, 3.63) is 87.9 Å². The van der Waals surface area contributed by atoms with Crippen molar-refractivity contribution in [2.24, 2.45) is 0 Å². The van der Waals surface area contributed by atoms with Crippen LogP contribution < -0.4 is 10.9 Å². The highest BCUT2D eigenvalue weighted by atomic mass is 35.5. The van der Waals surface area contributed by atoms with Crippen LogP contribution in [-0.2, 0) is 11.2 Å². The summed E-state index contributed by atoms with van der Waals surface area (Å²) in [5, 5.41) is 3.68. The van der Waals surface area contributed by atoms with Crippen LogP contribution in [0, 0.1) is 0 Å². The summed E-state index contributed by atoms with van der Waals surface area (Å²) in [5.74, 6) is 0.00614. The van der Waals surface area contributed by atoms with Crippen LogP contribution in [0.3, 0.4) is 0 Å². The fourth-order valence-corrected chi connectivity index (χ4v) is 3.41. The minimum atomic E-state index is -0.276. The molecule has 0 aliphatic carbocycles. The molecule has 0 spiro atoms. The second-order valence-corrected chi connectivity index (χ2v) is 7.16. The van der Waals surface area contributed by atoms with Crippen LogP contribution in [0.25, 0.3) is 5.69 Å². The molecule has 1 amide bonds. The van der Waals surface area contributed by atoms with Gasteiger partial charge in [0.2, 0.25) is 5.91 Å². The van der Waals surface area contributed by atoms with Crippen molar-refractivity contribution in [2.75, 3.05) is 12.3 Å². The number of nitrogens with zero attached hydrogens (tertiary/aromatic N) is 2. The van der Waals surface area contributed by atoms with E-state index in [1.165, 1.54) is 16.3 Å². The molecule has 0 radical (unpaired) electrons. The highest BCUT2D eigenvalue weighted by Crippen LogP contribution is 2.15. The Kier molecular flexibility index (Phi) is 6.68. The molecule has 3 rings (SSSR count). The summed E-state index contributed by atoms with van der Waals surface area (Å²) < 4.78 is 1.47. The first-order valence-electron chi connectivity index (χ1n) is 8.40. The van der Waals surface area contributed by atoms with Crippen LogP contribution >= 0.6 is 23.4 Å². The van der Waals surface area contributed by atoms with Gasteiger partial charge in [-0.3, -0.25) is 14.2 Å². The summed E-state index contributed by atoms with van der Waals surface area (Å²) >= 11 is 7.12. The Labute approximate surface area is 166 Å². The third kappa shape index (κ3) is 5.45. The minimum absolute atomic E-state index is 0.129. The molecule has 0 bridgehead atoms. The van der Waals surface area contributed by atoms with Gasteiger partial charge in [0.1, 0.15) is 0 Å². The van der Waals surface area contributed by atoms with Gasteiger partial charge in [-0.05, 0) is 30.2 Å². The largest absolute Gasteiger partial charge is 0.355 e. The van der Waals surface area contributed by atoms with Crippen molar-refractivity contribution in [2.45, 2.75) is 11.4 Å². The van der Waals surface area contributed by atoms with Gasteiger partial charge in [0, 0.05) is 24.0 Å². The van der Waals surface area contributed by atoms with Crippen LogP contribution in [-0.4, -0.2) is 27.8 Å². The van der Waals surface area contributed by atoms with Crippen molar-refractivity contribution in [3.8, 4) is 5.69 Å². The van der Waals surface area contributed by atoms with E-state index in [1.807, 2.05) is 30.3 Å². The van der Waals surface area contributed by atoms with Crippen molar-refractivity contribution in [3.63, 3.8) is 0 Å². The van der Waals surface area contributed by atoms with Crippen LogP contribution in [0.4, 0.5) is 0 Å². The van der Waals surface area contributed by atoms with Crippen LogP contribution in [0.5, 0.6) is 0 Å². The van der Waals surface area contributed by atoms with E-state index in [1.54, 1.807) is 30.5 Å². The molecule has 0 unspecified atom stereocenters. The maximum absolute atomic E-state index is 12.6. The Bertz CT molecular complexity index is 976. The van der Waals surface area contributed by atoms with Crippen molar-refractivity contribution in [1.29, 1.82) is 0 Å². The summed E-state index contributed by atoms with van der Waals surface area (Å²) in [6.45, 7) is 0.554. The molecule has 27 heavy (non-hydrogen) atoms. The van der Waals surface area contributed by atoms with E-state index in [9.17, 15) is 9.59 Å². The van der Waals surface area contributed by atoms with Gasteiger partial charge in [-0.1, -0.05) is 59.8 Å². The molecule has 138 valence electrons. The molecule has 0 saturated carbocycles. The van der Waals surface area contributed by atoms with Gasteiger partial charge in [0.15, 0.2) is 5.03 Å². The number of aromatic nitrogens is 2. The second kappa shape index (κ2) is 9.39. The lowest BCUT2D eigenvalue weighted by Gasteiger charge is -2.08. The number of nitrogens with one attached hydrogen (secondary N) is 1. The first kappa shape index (κ1) is 19.2. The fourth-order valence-electron chi connectivity index (χ4n) is 2.50. The molecular formula is C20H18ClN3O2S. The van der Waals surface area contributed by atoms with Gasteiger partial charge in [0.05, 0.1) is 11.4 Å². The van der Waals surface area contributed by atoms with Gasteiger partial charge in [-0.25, -0.2) is 4.98 Å². The third-order valence-corrected chi connectivity index (χ3v) is 5.01. The molecule has 0 saturated heterocycles. The lowest BCUT2D eigenvalue weighted by molar-refractivity contribution is -0.118. The van der Waals surface area contributed by atoms with E-state index in [4.69, 9.17) is 11.6 Å². The van der Waals surface area contributed by atoms with Gasteiger partial charge in [0.25, 0.3) is 5.56 Å². The Balaban J connectivity index is 1.57. The van der Waals surface area contributed by atoms with E-state index in [0.717, 1.165) is 18.2 Å². The summed E-state index contributed by atoms with van der Waals surface area (Å²) in [5.41, 5.74) is 1.55. The van der Waals surface area contributed by atoms with Gasteiger partial charge >= 0.3 is 0 Å². The number of carbonyl (C=O) groups is 1. The van der Waals surface area contributed by atoms with Crippen molar-refractivity contribution >= 4 is 29.3 Å². The van der Waals surface area contributed by atoms with Crippen molar-refractivity contribution < 1.29 is 4.79 Å². The number of amides is 1. The zero-order chi connectivity index (χ0) is 19.1. The maximum Gasteiger partial charge on any atom is 0.287 e. The molecule has 3 aromatic rings. The maximum atomic E-state index is 12.6. The summed E-state index contributed by atoms with van der Waals surface area (Å²) in [6.07, 6.45) is 3.89. The van der Waals surface area contributed by atoms with E-state index in [2.05, 4.69) is 10.3 Å². The SMILES string of the molecule is O=C(CSc1nccn(-c2cccc(Cl)c2)c1=O)NCCc1ccccc1. The van der Waals surface area contributed by atoms with E-state index in [-0.39, 0.29) is 22.2 Å². The standard InChI is InChI=1S/C20H18ClN3O2S/c21-16-7-4-8-17(13-16)24-12-11-23-19(20(24)26)27-14-18(25)22-10-9-15-5-2-1-3-6-15/h1-8,11-13H,9-10,14H2,(H,22,25). The number of hydrogen-bond acceptors (Lipinski definition) is 4. The molecule has 1 aromatic heterocycles. The first-order chi connectivity index (χ1) is 13.1. The number of rotatable bonds is 7. The predicted octanol–water partition coefficient (Wildman–Crippen LogP) is 3.34. The molecule has 0 atom stereocenters. The molecule has 1 N–H and O–H groups in total. The highest BCUT2D eigenvalue weighted by Gasteiger charge is 2.10. The predicted molar refractivity (Wildman–Crippen MR) is 109 cm³/mol. The number of carbonyl (C=O) groups excluding carboxylic acids is 1. The second-order valence-electron chi connectivity index (χ2n) is 5.76. The summed E-state index contributed by atoms with van der Waals surface area (Å²) in [7, 11) is 0. The summed E-state index contributed by atoms with van der Waals surface area (Å²) in [6, 6.07) is 17.0. The normalized spacial score (nSPS) is 10.6. The molecule has 2 aromatic carbocycles.